The smallest absolute Gasteiger partial charge is 0.231 e. The van der Waals surface area contributed by atoms with Crippen LogP contribution in [-0.4, -0.2) is 19.5 Å². The summed E-state index contributed by atoms with van der Waals surface area (Å²) in [5.41, 5.74) is 1.22. The van der Waals surface area contributed by atoms with E-state index in [-0.39, 0.29) is 18.1 Å². The van der Waals surface area contributed by atoms with Crippen LogP contribution in [0.3, 0.4) is 0 Å². The number of ether oxygens (including phenoxy) is 3. The van der Waals surface area contributed by atoms with E-state index in [9.17, 15) is 4.79 Å². The normalized spacial score (nSPS) is 14.1. The first-order chi connectivity index (χ1) is 11.2. The Morgan fingerprint density at radius 3 is 2.87 bits per heavy atom. The molecule has 5 nitrogen and oxygen atoms in total. The van der Waals surface area contributed by atoms with E-state index in [1.807, 2.05) is 30.3 Å². The Morgan fingerprint density at radius 2 is 2.09 bits per heavy atom. The summed E-state index contributed by atoms with van der Waals surface area (Å²) in [4.78, 5) is 12.4. The second kappa shape index (κ2) is 6.24. The van der Waals surface area contributed by atoms with Crippen LogP contribution in [0.2, 0.25) is 0 Å². The number of Topliss-reactive ketones (excluding diaryl/α,β-unsaturated/α-hetero) is 1. The molecule has 0 saturated carbocycles. The summed E-state index contributed by atoms with van der Waals surface area (Å²) in [7, 11) is 1.57. The zero-order valence-electron chi connectivity index (χ0n) is 12.4. The Labute approximate surface area is 133 Å². The Balaban J connectivity index is 1.91. The van der Waals surface area contributed by atoms with E-state index < -0.39 is 0 Å². The topological polar surface area (TPSA) is 68.6 Å². The minimum atomic E-state index is -0.197. The largest absolute Gasteiger partial charge is 0.496 e. The van der Waals surface area contributed by atoms with Gasteiger partial charge in [0.15, 0.2) is 12.4 Å². The van der Waals surface area contributed by atoms with Crippen LogP contribution in [0.25, 0.3) is 6.08 Å². The number of allylic oxidation sites excluding steroid dienone is 1. The average molecular weight is 307 g/mol. The molecule has 0 radical (unpaired) electrons. The van der Waals surface area contributed by atoms with Crippen molar-refractivity contribution in [2.45, 2.75) is 0 Å². The third kappa shape index (κ3) is 2.87. The lowest BCUT2D eigenvalue weighted by molar-refractivity contribution is 0.101. The number of rotatable bonds is 4. The second-order valence-corrected chi connectivity index (χ2v) is 4.79. The van der Waals surface area contributed by atoms with Crippen LogP contribution in [0.15, 0.2) is 48.2 Å². The van der Waals surface area contributed by atoms with E-state index in [4.69, 9.17) is 19.5 Å². The molecule has 0 atom stereocenters. The molecule has 0 fully saturated rings. The van der Waals surface area contributed by atoms with Gasteiger partial charge in [0.1, 0.15) is 23.3 Å². The van der Waals surface area contributed by atoms with E-state index in [0.29, 0.717) is 22.8 Å². The number of carbonyl (C=O) groups is 1. The van der Waals surface area contributed by atoms with Gasteiger partial charge in [0.25, 0.3) is 0 Å². The number of hydrogen-bond donors (Lipinski definition) is 0. The molecule has 0 amide bonds. The van der Waals surface area contributed by atoms with Crippen LogP contribution in [-0.2, 0) is 0 Å². The maximum atomic E-state index is 12.4. The van der Waals surface area contributed by atoms with Gasteiger partial charge in [-0.15, -0.1) is 0 Å². The third-order valence-electron chi connectivity index (χ3n) is 3.37. The van der Waals surface area contributed by atoms with Gasteiger partial charge in [-0.25, -0.2) is 0 Å². The Hall–Kier alpha value is -3.26. The number of nitriles is 1. The molecule has 114 valence electrons. The number of hydrogen-bond acceptors (Lipinski definition) is 5. The van der Waals surface area contributed by atoms with E-state index in [1.165, 1.54) is 0 Å². The molecular formula is C18H13NO4. The van der Waals surface area contributed by atoms with Crippen molar-refractivity contribution >= 4 is 11.9 Å². The summed E-state index contributed by atoms with van der Waals surface area (Å²) in [6.07, 6.45) is 1.65. The zero-order chi connectivity index (χ0) is 16.2. The van der Waals surface area contributed by atoms with Crippen LogP contribution >= 0.6 is 0 Å². The fourth-order valence-corrected chi connectivity index (χ4v) is 2.30. The monoisotopic (exact) mass is 307 g/mol. The standard InChI is InChI=1S/C18H13NO4/c1-21-15-5-3-2-4-12(15)10-17-18(20)14-7-6-13(22-9-8-19)11-16(14)23-17/h2-7,10-11H,9H2,1H3. The quantitative estimate of drug-likeness (QED) is 0.811. The average Bonchev–Trinajstić information content (AvgIpc) is 2.89. The molecule has 0 bridgehead atoms. The molecule has 0 aromatic heterocycles. The molecule has 23 heavy (non-hydrogen) atoms. The summed E-state index contributed by atoms with van der Waals surface area (Å²) in [5.74, 6) is 1.59. The van der Waals surface area contributed by atoms with Crippen molar-refractivity contribution in [2.75, 3.05) is 13.7 Å². The first-order valence-corrected chi connectivity index (χ1v) is 6.94. The van der Waals surface area contributed by atoms with Gasteiger partial charge in [0, 0.05) is 11.6 Å². The lowest BCUT2D eigenvalue weighted by atomic mass is 10.1. The van der Waals surface area contributed by atoms with Gasteiger partial charge in [-0.1, -0.05) is 18.2 Å². The molecule has 5 heteroatoms. The number of nitrogens with zero attached hydrogens (tertiary/aromatic N) is 1. The van der Waals surface area contributed by atoms with Gasteiger partial charge in [-0.3, -0.25) is 4.79 Å². The first kappa shape index (κ1) is 14.7. The molecular weight excluding hydrogens is 294 g/mol. The minimum Gasteiger partial charge on any atom is -0.496 e. The third-order valence-corrected chi connectivity index (χ3v) is 3.37. The van der Waals surface area contributed by atoms with Crippen molar-refractivity contribution in [1.82, 2.24) is 0 Å². The van der Waals surface area contributed by atoms with Gasteiger partial charge in [0.05, 0.1) is 12.7 Å². The summed E-state index contributed by atoms with van der Waals surface area (Å²) >= 11 is 0. The summed E-state index contributed by atoms with van der Waals surface area (Å²) < 4.78 is 16.1. The van der Waals surface area contributed by atoms with Crippen LogP contribution in [0.4, 0.5) is 0 Å². The molecule has 0 spiro atoms. The number of methoxy groups -OCH3 is 1. The predicted octanol–water partition coefficient (Wildman–Crippen LogP) is 3.21. The molecule has 2 aromatic carbocycles. The molecule has 0 N–H and O–H groups in total. The molecule has 0 aliphatic carbocycles. The number of para-hydroxylation sites is 1. The summed E-state index contributed by atoms with van der Waals surface area (Å²) in [5, 5.41) is 8.54. The molecule has 1 aliphatic rings. The second-order valence-electron chi connectivity index (χ2n) is 4.79. The Morgan fingerprint density at radius 1 is 1.26 bits per heavy atom. The van der Waals surface area contributed by atoms with Gasteiger partial charge >= 0.3 is 0 Å². The van der Waals surface area contributed by atoms with Crippen molar-refractivity contribution in [3.63, 3.8) is 0 Å². The Kier molecular flexibility index (Phi) is 3.98. The summed E-state index contributed by atoms with van der Waals surface area (Å²) in [6.45, 7) is -0.0589. The van der Waals surface area contributed by atoms with Gasteiger partial charge in [-0.05, 0) is 24.3 Å². The maximum Gasteiger partial charge on any atom is 0.231 e. The number of carbonyl (C=O) groups excluding carboxylic acids is 1. The Bertz CT molecular complexity index is 833. The number of fused-ring (bicyclic) bond motifs is 1. The van der Waals surface area contributed by atoms with Gasteiger partial charge in [-0.2, -0.15) is 5.26 Å². The molecule has 1 aliphatic heterocycles. The van der Waals surface area contributed by atoms with Crippen LogP contribution in [0, 0.1) is 11.3 Å². The van der Waals surface area contributed by atoms with E-state index in [2.05, 4.69) is 0 Å². The molecule has 1 heterocycles. The van der Waals surface area contributed by atoms with Crippen LogP contribution in [0.5, 0.6) is 17.2 Å². The van der Waals surface area contributed by atoms with Gasteiger partial charge < -0.3 is 14.2 Å². The molecule has 0 unspecified atom stereocenters. The number of benzene rings is 2. The van der Waals surface area contributed by atoms with E-state index >= 15 is 0 Å². The first-order valence-electron chi connectivity index (χ1n) is 6.94. The van der Waals surface area contributed by atoms with Crippen LogP contribution < -0.4 is 14.2 Å². The number of ketones is 1. The molecule has 3 rings (SSSR count). The van der Waals surface area contributed by atoms with Crippen LogP contribution in [0.1, 0.15) is 15.9 Å². The minimum absolute atomic E-state index is 0.0589. The van der Waals surface area contributed by atoms with E-state index in [0.717, 1.165) is 5.56 Å². The SMILES string of the molecule is COc1ccccc1C=C1Oc2cc(OCC#N)ccc2C1=O. The highest BCUT2D eigenvalue weighted by atomic mass is 16.5. The van der Waals surface area contributed by atoms with Crippen molar-refractivity contribution in [2.24, 2.45) is 0 Å². The van der Waals surface area contributed by atoms with Crippen molar-refractivity contribution in [3.05, 3.63) is 59.4 Å². The van der Waals surface area contributed by atoms with Crippen molar-refractivity contribution in [1.29, 1.82) is 5.26 Å². The van der Waals surface area contributed by atoms with Crippen molar-refractivity contribution < 1.29 is 19.0 Å². The highest BCUT2D eigenvalue weighted by Crippen LogP contribution is 2.35. The van der Waals surface area contributed by atoms with Gasteiger partial charge in [0.2, 0.25) is 5.78 Å². The highest BCUT2D eigenvalue weighted by Gasteiger charge is 2.28. The zero-order valence-corrected chi connectivity index (χ0v) is 12.4. The lowest BCUT2D eigenvalue weighted by Gasteiger charge is -2.05. The fraction of sp³-hybridized carbons (Fsp3) is 0.111. The molecule has 0 saturated heterocycles. The highest BCUT2D eigenvalue weighted by molar-refractivity contribution is 6.14. The maximum absolute atomic E-state index is 12.4. The predicted molar refractivity (Wildman–Crippen MR) is 83.5 cm³/mol. The van der Waals surface area contributed by atoms with E-state index in [1.54, 1.807) is 31.4 Å². The molecule has 2 aromatic rings. The summed E-state index contributed by atoms with van der Waals surface area (Å²) in [6, 6.07) is 14.1. The fourth-order valence-electron chi connectivity index (χ4n) is 2.30. The lowest BCUT2D eigenvalue weighted by Crippen LogP contribution is -1.98. The van der Waals surface area contributed by atoms with Crippen molar-refractivity contribution in [3.8, 4) is 23.3 Å².